The Morgan fingerprint density at radius 2 is 1.89 bits per heavy atom. The molecule has 0 aliphatic carbocycles. The second kappa shape index (κ2) is 8.30. The first-order valence-corrected chi connectivity index (χ1v) is 6.09. The number of carboxylic acids is 1. The molecule has 0 aromatic carbocycles. The van der Waals surface area contributed by atoms with E-state index in [1.54, 1.807) is 13.8 Å². The number of carbonyl (C=O) groups excluding carboxylic acids is 1. The maximum Gasteiger partial charge on any atom is 0.326 e. The summed E-state index contributed by atoms with van der Waals surface area (Å²) in [5.74, 6) is -1.78. The topological polar surface area (TPSA) is 157 Å². The third-order valence-electron chi connectivity index (χ3n) is 2.53. The molecule has 0 aliphatic rings. The highest BCUT2D eigenvalue weighted by Gasteiger charge is 2.25. The van der Waals surface area contributed by atoms with E-state index < -0.39 is 24.0 Å². The van der Waals surface area contributed by atoms with E-state index in [1.165, 1.54) is 0 Å². The van der Waals surface area contributed by atoms with Gasteiger partial charge >= 0.3 is 5.97 Å². The predicted octanol–water partition coefficient (Wildman–Crippen LogP) is -1.41. The minimum atomic E-state index is -1.07. The quantitative estimate of drug-likeness (QED) is 0.208. The summed E-state index contributed by atoms with van der Waals surface area (Å²) in [6.45, 7) is 3.81. The van der Waals surface area contributed by atoms with E-state index in [9.17, 15) is 9.59 Å². The summed E-state index contributed by atoms with van der Waals surface area (Å²) in [5, 5.41) is 11.4. The summed E-state index contributed by atoms with van der Waals surface area (Å²) in [6, 6.07) is -1.70. The Kier molecular flexibility index (Phi) is 7.50. The maximum atomic E-state index is 11.7. The van der Waals surface area contributed by atoms with Gasteiger partial charge in [-0.05, 0) is 18.8 Å². The van der Waals surface area contributed by atoms with Crippen molar-refractivity contribution in [3.63, 3.8) is 0 Å². The Bertz CT molecular complexity index is 339. The number of hydrogen-bond acceptors (Lipinski definition) is 4. The smallest absolute Gasteiger partial charge is 0.326 e. The summed E-state index contributed by atoms with van der Waals surface area (Å²) < 4.78 is 0. The van der Waals surface area contributed by atoms with Gasteiger partial charge in [0.1, 0.15) is 6.04 Å². The number of amides is 1. The zero-order valence-electron chi connectivity index (χ0n) is 11.3. The molecule has 2 unspecified atom stereocenters. The van der Waals surface area contributed by atoms with Crippen molar-refractivity contribution in [3.05, 3.63) is 0 Å². The molecule has 8 N–H and O–H groups in total. The van der Waals surface area contributed by atoms with Crippen LogP contribution in [-0.2, 0) is 9.59 Å². The molecule has 110 valence electrons. The van der Waals surface area contributed by atoms with Gasteiger partial charge in [-0.2, -0.15) is 0 Å². The van der Waals surface area contributed by atoms with E-state index in [1.807, 2.05) is 0 Å². The van der Waals surface area contributed by atoms with E-state index in [-0.39, 0.29) is 11.9 Å². The number of aliphatic carboxylic acids is 1. The average Bonchev–Trinajstić information content (AvgIpc) is 2.29. The predicted molar refractivity (Wildman–Crippen MR) is 72.3 cm³/mol. The zero-order valence-corrected chi connectivity index (χ0v) is 11.3. The molecular weight excluding hydrogens is 250 g/mol. The first-order valence-electron chi connectivity index (χ1n) is 6.09. The van der Waals surface area contributed by atoms with Gasteiger partial charge in [0.15, 0.2) is 5.96 Å². The number of guanidine groups is 1. The van der Waals surface area contributed by atoms with Crippen molar-refractivity contribution in [2.45, 2.75) is 38.8 Å². The van der Waals surface area contributed by atoms with E-state index in [0.717, 1.165) is 0 Å². The van der Waals surface area contributed by atoms with Crippen LogP contribution in [0.3, 0.4) is 0 Å². The Morgan fingerprint density at radius 3 is 2.32 bits per heavy atom. The van der Waals surface area contributed by atoms with Crippen molar-refractivity contribution in [3.8, 4) is 0 Å². The lowest BCUT2D eigenvalue weighted by Gasteiger charge is -2.20. The molecule has 0 rings (SSSR count). The highest BCUT2D eigenvalue weighted by molar-refractivity contribution is 5.86. The molecule has 2 atom stereocenters. The van der Waals surface area contributed by atoms with Gasteiger partial charge in [-0.25, -0.2) is 4.79 Å². The zero-order chi connectivity index (χ0) is 15.0. The van der Waals surface area contributed by atoms with Gasteiger partial charge < -0.3 is 27.6 Å². The molecular formula is C11H23N5O3. The number of carbonyl (C=O) groups is 2. The van der Waals surface area contributed by atoms with Crippen molar-refractivity contribution < 1.29 is 14.7 Å². The van der Waals surface area contributed by atoms with Crippen LogP contribution < -0.4 is 22.5 Å². The number of hydrogen-bond donors (Lipinski definition) is 5. The van der Waals surface area contributed by atoms with Crippen molar-refractivity contribution >= 4 is 17.8 Å². The van der Waals surface area contributed by atoms with Gasteiger partial charge in [-0.1, -0.05) is 13.8 Å². The van der Waals surface area contributed by atoms with Crippen molar-refractivity contribution in [1.29, 1.82) is 0 Å². The Balaban J connectivity index is 4.18. The van der Waals surface area contributed by atoms with Crippen LogP contribution in [0.5, 0.6) is 0 Å². The number of nitrogens with one attached hydrogen (secondary N) is 1. The Labute approximate surface area is 112 Å². The van der Waals surface area contributed by atoms with Gasteiger partial charge in [0, 0.05) is 6.54 Å². The highest BCUT2D eigenvalue weighted by atomic mass is 16.4. The Morgan fingerprint density at radius 1 is 1.32 bits per heavy atom. The molecule has 0 heterocycles. The van der Waals surface area contributed by atoms with Crippen molar-refractivity contribution in [2.24, 2.45) is 28.1 Å². The molecule has 1 amide bonds. The molecule has 0 aromatic rings. The van der Waals surface area contributed by atoms with Crippen molar-refractivity contribution in [1.82, 2.24) is 5.32 Å². The molecule has 0 bridgehead atoms. The lowest BCUT2D eigenvalue weighted by molar-refractivity contribution is -0.143. The second-order valence-corrected chi connectivity index (χ2v) is 4.62. The van der Waals surface area contributed by atoms with Crippen LogP contribution in [0.1, 0.15) is 26.7 Å². The third kappa shape index (κ3) is 7.24. The first-order chi connectivity index (χ1) is 8.75. The van der Waals surface area contributed by atoms with Crippen LogP contribution in [0.25, 0.3) is 0 Å². The molecule has 0 aliphatic heterocycles. The molecule has 19 heavy (non-hydrogen) atoms. The molecule has 0 saturated heterocycles. The number of nitrogens with two attached hydrogens (primary N) is 3. The summed E-state index contributed by atoms with van der Waals surface area (Å²) in [7, 11) is 0. The first kappa shape index (κ1) is 17.2. The molecule has 8 nitrogen and oxygen atoms in total. The van der Waals surface area contributed by atoms with E-state index in [4.69, 9.17) is 22.3 Å². The highest BCUT2D eigenvalue weighted by Crippen LogP contribution is 2.03. The van der Waals surface area contributed by atoms with E-state index in [0.29, 0.717) is 19.4 Å². The monoisotopic (exact) mass is 273 g/mol. The summed E-state index contributed by atoms with van der Waals surface area (Å²) >= 11 is 0. The van der Waals surface area contributed by atoms with Crippen LogP contribution in [-0.4, -0.2) is 41.6 Å². The van der Waals surface area contributed by atoms with Gasteiger partial charge in [0.2, 0.25) is 5.91 Å². The Hall–Kier alpha value is -1.83. The van der Waals surface area contributed by atoms with Crippen LogP contribution in [0.2, 0.25) is 0 Å². The van der Waals surface area contributed by atoms with Gasteiger partial charge in [0.05, 0.1) is 6.04 Å². The summed E-state index contributed by atoms with van der Waals surface area (Å²) in [4.78, 5) is 26.4. The number of nitrogens with zero attached hydrogens (tertiary/aromatic N) is 1. The fraction of sp³-hybridized carbons (Fsp3) is 0.727. The SMILES string of the molecule is CC(C)C(NC(=O)C(N)CCCN=C(N)N)C(=O)O. The number of carboxylic acid groups (broad SMARTS) is 1. The lowest BCUT2D eigenvalue weighted by atomic mass is 10.0. The molecule has 8 heteroatoms. The van der Waals surface area contributed by atoms with Crippen LogP contribution in [0.4, 0.5) is 0 Å². The van der Waals surface area contributed by atoms with Gasteiger partial charge in [-0.3, -0.25) is 9.79 Å². The lowest BCUT2D eigenvalue weighted by Crippen LogP contribution is -2.50. The molecule has 0 aromatic heterocycles. The van der Waals surface area contributed by atoms with Gasteiger partial charge in [-0.15, -0.1) is 0 Å². The fourth-order valence-electron chi connectivity index (χ4n) is 1.42. The van der Waals surface area contributed by atoms with E-state index in [2.05, 4.69) is 10.3 Å². The minimum absolute atomic E-state index is 0.0104. The van der Waals surface area contributed by atoms with E-state index >= 15 is 0 Å². The molecule has 0 saturated carbocycles. The second-order valence-electron chi connectivity index (χ2n) is 4.62. The number of aliphatic imine (C=N–C) groups is 1. The largest absolute Gasteiger partial charge is 0.480 e. The third-order valence-corrected chi connectivity index (χ3v) is 2.53. The number of rotatable bonds is 8. The maximum absolute atomic E-state index is 11.7. The summed E-state index contributed by atoms with van der Waals surface area (Å²) in [6.07, 6.45) is 0.930. The standard InChI is InChI=1S/C11H23N5O3/c1-6(2)8(10(18)19)16-9(17)7(12)4-3-5-15-11(13)14/h6-8H,3-5,12H2,1-2H3,(H,16,17)(H,18,19)(H4,13,14,15). The van der Waals surface area contributed by atoms with Crippen LogP contribution in [0.15, 0.2) is 4.99 Å². The van der Waals surface area contributed by atoms with Crippen LogP contribution in [0, 0.1) is 5.92 Å². The molecule has 0 spiro atoms. The molecule has 0 fully saturated rings. The fourth-order valence-corrected chi connectivity index (χ4v) is 1.42. The molecule has 0 radical (unpaired) electrons. The van der Waals surface area contributed by atoms with Crippen LogP contribution >= 0.6 is 0 Å². The average molecular weight is 273 g/mol. The van der Waals surface area contributed by atoms with Gasteiger partial charge in [0.25, 0.3) is 0 Å². The minimum Gasteiger partial charge on any atom is -0.480 e. The normalized spacial score (nSPS) is 13.7. The summed E-state index contributed by atoms with van der Waals surface area (Å²) in [5.41, 5.74) is 16.0. The van der Waals surface area contributed by atoms with Crippen molar-refractivity contribution in [2.75, 3.05) is 6.54 Å².